The second kappa shape index (κ2) is 9.77. The van der Waals surface area contributed by atoms with Crippen molar-refractivity contribution >= 4 is 12.0 Å². The Balaban J connectivity index is 3.00. The number of benzene rings is 1. The minimum Gasteiger partial charge on any atom is -0.493 e. The average Bonchev–Trinajstić information content (AvgIpc) is 2.58. The molecule has 0 spiro atoms. The Hall–Kier alpha value is -2.17. The molecule has 0 aliphatic carbocycles. The fraction of sp³-hybridized carbons (Fsp3) is 0.500. The van der Waals surface area contributed by atoms with Crippen LogP contribution in [0.2, 0.25) is 0 Å². The van der Waals surface area contributed by atoms with E-state index in [4.69, 9.17) is 14.2 Å². The molecule has 0 aromatic heterocycles. The SMILES string of the molecule is CCCN(CCC)C(=O)/C=C/c1cc(OC)c(OC)c(OC)c1. The van der Waals surface area contributed by atoms with Crippen molar-refractivity contribution in [2.24, 2.45) is 0 Å². The fourth-order valence-electron chi connectivity index (χ4n) is 2.34. The summed E-state index contributed by atoms with van der Waals surface area (Å²) >= 11 is 0. The number of carbonyl (C=O) groups is 1. The topological polar surface area (TPSA) is 48.0 Å². The van der Waals surface area contributed by atoms with Gasteiger partial charge in [0.05, 0.1) is 21.3 Å². The summed E-state index contributed by atoms with van der Waals surface area (Å²) in [7, 11) is 4.70. The lowest BCUT2D eigenvalue weighted by Gasteiger charge is -2.19. The Morgan fingerprint density at radius 2 is 1.52 bits per heavy atom. The molecule has 1 rings (SSSR count). The highest BCUT2D eigenvalue weighted by Gasteiger charge is 2.13. The van der Waals surface area contributed by atoms with Crippen LogP contribution in [-0.2, 0) is 4.79 Å². The fourth-order valence-corrected chi connectivity index (χ4v) is 2.34. The summed E-state index contributed by atoms with van der Waals surface area (Å²) in [6.45, 7) is 5.68. The van der Waals surface area contributed by atoms with E-state index in [2.05, 4.69) is 13.8 Å². The van der Waals surface area contributed by atoms with Gasteiger partial charge in [0.25, 0.3) is 0 Å². The molecule has 1 amide bonds. The van der Waals surface area contributed by atoms with Gasteiger partial charge < -0.3 is 19.1 Å². The van der Waals surface area contributed by atoms with E-state index in [1.54, 1.807) is 33.5 Å². The maximum absolute atomic E-state index is 12.3. The molecule has 1 aromatic rings. The van der Waals surface area contributed by atoms with Crippen molar-refractivity contribution in [1.29, 1.82) is 0 Å². The van der Waals surface area contributed by atoms with E-state index < -0.39 is 0 Å². The van der Waals surface area contributed by atoms with Crippen LogP contribution in [0.4, 0.5) is 0 Å². The largest absolute Gasteiger partial charge is 0.493 e. The third-order valence-corrected chi connectivity index (χ3v) is 3.40. The second-order valence-electron chi connectivity index (χ2n) is 5.12. The second-order valence-corrected chi connectivity index (χ2v) is 5.12. The predicted molar refractivity (Wildman–Crippen MR) is 92.3 cm³/mol. The number of hydrogen-bond acceptors (Lipinski definition) is 4. The molecule has 0 radical (unpaired) electrons. The molecule has 0 aliphatic rings. The van der Waals surface area contributed by atoms with Crippen LogP contribution in [0.15, 0.2) is 18.2 Å². The molecule has 0 saturated carbocycles. The van der Waals surface area contributed by atoms with E-state index in [1.807, 2.05) is 17.0 Å². The smallest absolute Gasteiger partial charge is 0.246 e. The van der Waals surface area contributed by atoms with E-state index in [0.717, 1.165) is 31.5 Å². The zero-order valence-electron chi connectivity index (χ0n) is 14.7. The molecule has 0 fully saturated rings. The molecule has 0 saturated heterocycles. The van der Waals surface area contributed by atoms with Crippen molar-refractivity contribution in [3.8, 4) is 17.2 Å². The third kappa shape index (κ3) is 5.20. The number of amides is 1. The number of nitrogens with zero attached hydrogens (tertiary/aromatic N) is 1. The zero-order valence-corrected chi connectivity index (χ0v) is 14.7. The normalized spacial score (nSPS) is 10.7. The van der Waals surface area contributed by atoms with Crippen LogP contribution < -0.4 is 14.2 Å². The summed E-state index contributed by atoms with van der Waals surface area (Å²) in [6.07, 6.45) is 5.25. The molecular formula is C18H27NO4. The summed E-state index contributed by atoms with van der Waals surface area (Å²) in [4.78, 5) is 14.1. The van der Waals surface area contributed by atoms with Crippen molar-refractivity contribution in [3.63, 3.8) is 0 Å². The first kappa shape index (κ1) is 18.9. The highest BCUT2D eigenvalue weighted by Crippen LogP contribution is 2.38. The van der Waals surface area contributed by atoms with Gasteiger partial charge >= 0.3 is 0 Å². The van der Waals surface area contributed by atoms with Crippen molar-refractivity contribution in [3.05, 3.63) is 23.8 Å². The molecule has 0 heterocycles. The Kier molecular flexibility index (Phi) is 8.02. The minimum atomic E-state index is 0.0162. The van der Waals surface area contributed by atoms with E-state index >= 15 is 0 Å². The number of rotatable bonds is 9. The minimum absolute atomic E-state index is 0.0162. The van der Waals surface area contributed by atoms with Crippen molar-refractivity contribution in [1.82, 2.24) is 4.90 Å². The lowest BCUT2D eigenvalue weighted by atomic mass is 10.1. The molecule has 5 heteroatoms. The molecular weight excluding hydrogens is 294 g/mol. The van der Waals surface area contributed by atoms with Crippen molar-refractivity contribution in [2.45, 2.75) is 26.7 Å². The Labute approximate surface area is 138 Å². The summed E-state index contributed by atoms with van der Waals surface area (Å²) in [5.74, 6) is 1.69. The summed E-state index contributed by atoms with van der Waals surface area (Å²) in [5, 5.41) is 0. The first-order chi connectivity index (χ1) is 11.1. The van der Waals surface area contributed by atoms with Gasteiger partial charge in [-0.2, -0.15) is 0 Å². The third-order valence-electron chi connectivity index (χ3n) is 3.40. The molecule has 0 aliphatic heterocycles. The molecule has 1 aromatic carbocycles. The van der Waals surface area contributed by atoms with Crippen molar-refractivity contribution < 1.29 is 19.0 Å². The quantitative estimate of drug-likeness (QED) is 0.654. The standard InChI is InChI=1S/C18H27NO4/c1-6-10-19(11-7-2)17(20)9-8-14-12-15(21-3)18(23-5)16(13-14)22-4/h8-9,12-13H,6-7,10-11H2,1-5H3/b9-8+. The van der Waals surface area contributed by atoms with Crippen LogP contribution in [0.3, 0.4) is 0 Å². The molecule has 5 nitrogen and oxygen atoms in total. The maximum atomic E-state index is 12.3. The number of methoxy groups -OCH3 is 3. The number of carbonyl (C=O) groups excluding carboxylic acids is 1. The first-order valence-corrected chi connectivity index (χ1v) is 7.88. The van der Waals surface area contributed by atoms with Gasteiger partial charge in [0, 0.05) is 19.2 Å². The van der Waals surface area contributed by atoms with Crippen LogP contribution in [-0.4, -0.2) is 45.2 Å². The van der Waals surface area contributed by atoms with Crippen LogP contribution in [0.1, 0.15) is 32.3 Å². The van der Waals surface area contributed by atoms with Crippen LogP contribution in [0.5, 0.6) is 17.2 Å². The van der Waals surface area contributed by atoms with Gasteiger partial charge in [-0.1, -0.05) is 13.8 Å². The lowest BCUT2D eigenvalue weighted by molar-refractivity contribution is -0.126. The highest BCUT2D eigenvalue weighted by atomic mass is 16.5. The predicted octanol–water partition coefficient (Wildman–Crippen LogP) is 3.37. The molecule has 0 bridgehead atoms. The average molecular weight is 321 g/mol. The number of hydrogen-bond donors (Lipinski definition) is 0. The maximum Gasteiger partial charge on any atom is 0.246 e. The Bertz CT molecular complexity index is 509. The van der Waals surface area contributed by atoms with E-state index in [9.17, 15) is 4.79 Å². The Morgan fingerprint density at radius 3 is 1.91 bits per heavy atom. The van der Waals surface area contributed by atoms with E-state index in [0.29, 0.717) is 17.2 Å². The van der Waals surface area contributed by atoms with E-state index in [-0.39, 0.29) is 5.91 Å². The van der Waals surface area contributed by atoms with Gasteiger partial charge in [-0.15, -0.1) is 0 Å². The van der Waals surface area contributed by atoms with Gasteiger partial charge in [-0.25, -0.2) is 0 Å². The van der Waals surface area contributed by atoms with Gasteiger partial charge in [0.2, 0.25) is 11.7 Å². The van der Waals surface area contributed by atoms with Crippen molar-refractivity contribution in [2.75, 3.05) is 34.4 Å². The van der Waals surface area contributed by atoms with Crippen LogP contribution in [0, 0.1) is 0 Å². The molecule has 0 N–H and O–H groups in total. The molecule has 0 atom stereocenters. The lowest BCUT2D eigenvalue weighted by Crippen LogP contribution is -2.30. The van der Waals surface area contributed by atoms with Crippen LogP contribution >= 0.6 is 0 Å². The van der Waals surface area contributed by atoms with Gasteiger partial charge in [0.15, 0.2) is 11.5 Å². The first-order valence-electron chi connectivity index (χ1n) is 7.88. The van der Waals surface area contributed by atoms with Gasteiger partial charge in [-0.3, -0.25) is 4.79 Å². The zero-order chi connectivity index (χ0) is 17.2. The van der Waals surface area contributed by atoms with Crippen LogP contribution in [0.25, 0.3) is 6.08 Å². The monoisotopic (exact) mass is 321 g/mol. The Morgan fingerprint density at radius 1 is 1.00 bits per heavy atom. The molecule has 0 unspecified atom stereocenters. The molecule has 128 valence electrons. The van der Waals surface area contributed by atoms with Gasteiger partial charge in [-0.05, 0) is 36.6 Å². The van der Waals surface area contributed by atoms with E-state index in [1.165, 1.54) is 0 Å². The summed E-state index contributed by atoms with van der Waals surface area (Å²) in [6, 6.07) is 3.63. The molecule has 23 heavy (non-hydrogen) atoms. The number of ether oxygens (including phenoxy) is 3. The van der Waals surface area contributed by atoms with Gasteiger partial charge in [0.1, 0.15) is 0 Å². The highest BCUT2D eigenvalue weighted by molar-refractivity contribution is 5.92. The summed E-state index contributed by atoms with van der Waals surface area (Å²) in [5.41, 5.74) is 0.820. The summed E-state index contributed by atoms with van der Waals surface area (Å²) < 4.78 is 15.9.